The molecule has 0 atom stereocenters. The van der Waals surface area contributed by atoms with E-state index in [4.69, 9.17) is 4.74 Å². The van der Waals surface area contributed by atoms with Crippen LogP contribution in [0.1, 0.15) is 25.0 Å². The van der Waals surface area contributed by atoms with Crippen molar-refractivity contribution in [3.8, 4) is 5.75 Å². The maximum atomic E-state index is 13.7. The van der Waals surface area contributed by atoms with Gasteiger partial charge in [-0.25, -0.2) is 4.39 Å². The van der Waals surface area contributed by atoms with Crippen LogP contribution in [0.4, 0.5) is 4.39 Å². The summed E-state index contributed by atoms with van der Waals surface area (Å²) in [6.45, 7) is 7.44. The fourth-order valence-corrected chi connectivity index (χ4v) is 2.27. The molecule has 1 heterocycles. The molecule has 0 bridgehead atoms. The van der Waals surface area contributed by atoms with Gasteiger partial charge in [0.1, 0.15) is 0 Å². The van der Waals surface area contributed by atoms with Gasteiger partial charge in [0.2, 0.25) is 0 Å². The molecule has 5 heteroatoms. The van der Waals surface area contributed by atoms with Crippen LogP contribution in [0, 0.1) is 5.82 Å². The number of halogens is 1. The highest BCUT2D eigenvalue weighted by molar-refractivity contribution is 5.29. The molecule has 0 saturated carbocycles. The predicted molar refractivity (Wildman–Crippen MR) is 80.6 cm³/mol. The standard InChI is InChI=1S/C16H22FN3O/c1-4-19(11-14-9-18-20(5-2)12-14)10-13-6-7-16(21-3)15(17)8-13/h6-9,12H,4-5,10-11H2,1-3H3. The fraction of sp³-hybridized carbons (Fsp3) is 0.438. The van der Waals surface area contributed by atoms with E-state index < -0.39 is 0 Å². The van der Waals surface area contributed by atoms with Gasteiger partial charge in [0.15, 0.2) is 11.6 Å². The van der Waals surface area contributed by atoms with Gasteiger partial charge in [-0.2, -0.15) is 5.10 Å². The molecule has 1 aromatic heterocycles. The van der Waals surface area contributed by atoms with Crippen LogP contribution in [0.15, 0.2) is 30.6 Å². The topological polar surface area (TPSA) is 30.3 Å². The van der Waals surface area contributed by atoms with Crippen molar-refractivity contribution in [3.63, 3.8) is 0 Å². The van der Waals surface area contributed by atoms with Crippen molar-refractivity contribution in [2.24, 2.45) is 0 Å². The SMILES string of the molecule is CCN(Cc1ccc(OC)c(F)c1)Cc1cnn(CC)c1. The molecule has 2 rings (SSSR count). The molecule has 114 valence electrons. The minimum absolute atomic E-state index is 0.283. The highest BCUT2D eigenvalue weighted by Crippen LogP contribution is 2.19. The van der Waals surface area contributed by atoms with Gasteiger partial charge in [-0.1, -0.05) is 13.0 Å². The fourth-order valence-electron chi connectivity index (χ4n) is 2.27. The molecule has 4 nitrogen and oxygen atoms in total. The monoisotopic (exact) mass is 291 g/mol. The molecule has 21 heavy (non-hydrogen) atoms. The van der Waals surface area contributed by atoms with Crippen LogP contribution in [0.3, 0.4) is 0 Å². The van der Waals surface area contributed by atoms with E-state index in [9.17, 15) is 4.39 Å². The summed E-state index contributed by atoms with van der Waals surface area (Å²) < 4.78 is 20.6. The van der Waals surface area contributed by atoms with E-state index in [1.165, 1.54) is 18.7 Å². The second kappa shape index (κ2) is 7.22. The van der Waals surface area contributed by atoms with E-state index in [-0.39, 0.29) is 11.6 Å². The lowest BCUT2D eigenvalue weighted by molar-refractivity contribution is 0.270. The largest absolute Gasteiger partial charge is 0.494 e. The van der Waals surface area contributed by atoms with Crippen LogP contribution in [0.5, 0.6) is 5.75 Å². The quantitative estimate of drug-likeness (QED) is 0.785. The summed E-state index contributed by atoms with van der Waals surface area (Å²) in [4.78, 5) is 2.25. The van der Waals surface area contributed by atoms with Crippen molar-refractivity contribution in [2.45, 2.75) is 33.5 Å². The molecule has 0 fully saturated rings. The molecular formula is C16H22FN3O. The first-order valence-electron chi connectivity index (χ1n) is 7.22. The van der Waals surface area contributed by atoms with Crippen molar-refractivity contribution < 1.29 is 9.13 Å². The van der Waals surface area contributed by atoms with Gasteiger partial charge in [-0.15, -0.1) is 0 Å². The Bertz CT molecular complexity index is 583. The number of rotatable bonds is 7. The highest BCUT2D eigenvalue weighted by atomic mass is 19.1. The van der Waals surface area contributed by atoms with Gasteiger partial charge in [0.25, 0.3) is 0 Å². The first-order chi connectivity index (χ1) is 10.2. The minimum atomic E-state index is -0.315. The van der Waals surface area contributed by atoms with Gasteiger partial charge in [0, 0.05) is 31.4 Å². The lowest BCUT2D eigenvalue weighted by Crippen LogP contribution is -2.22. The summed E-state index contributed by atoms with van der Waals surface area (Å²) in [5, 5.41) is 4.28. The Morgan fingerprint density at radius 3 is 2.57 bits per heavy atom. The van der Waals surface area contributed by atoms with Crippen molar-refractivity contribution in [2.75, 3.05) is 13.7 Å². The highest BCUT2D eigenvalue weighted by Gasteiger charge is 2.09. The van der Waals surface area contributed by atoms with Gasteiger partial charge in [-0.3, -0.25) is 9.58 Å². The Balaban J connectivity index is 2.03. The third-order valence-electron chi connectivity index (χ3n) is 3.49. The number of ether oxygens (including phenoxy) is 1. The molecule has 1 aromatic carbocycles. The average Bonchev–Trinajstić information content (AvgIpc) is 2.94. The molecule has 0 aliphatic carbocycles. The van der Waals surface area contributed by atoms with Gasteiger partial charge in [0.05, 0.1) is 13.3 Å². The zero-order chi connectivity index (χ0) is 15.2. The predicted octanol–water partition coefficient (Wildman–Crippen LogP) is 3.07. The van der Waals surface area contributed by atoms with Crippen molar-refractivity contribution in [1.29, 1.82) is 0 Å². The zero-order valence-electron chi connectivity index (χ0n) is 12.8. The number of nitrogens with zero attached hydrogens (tertiary/aromatic N) is 3. The summed E-state index contributed by atoms with van der Waals surface area (Å²) in [5.41, 5.74) is 2.12. The van der Waals surface area contributed by atoms with E-state index in [1.54, 1.807) is 6.07 Å². The van der Waals surface area contributed by atoms with Crippen molar-refractivity contribution >= 4 is 0 Å². The Labute approximate surface area is 125 Å². The van der Waals surface area contributed by atoms with E-state index >= 15 is 0 Å². The molecule has 0 N–H and O–H groups in total. The number of hydrogen-bond acceptors (Lipinski definition) is 3. The normalized spacial score (nSPS) is 11.1. The van der Waals surface area contributed by atoms with E-state index in [2.05, 4.69) is 30.0 Å². The number of methoxy groups -OCH3 is 1. The van der Waals surface area contributed by atoms with Crippen LogP contribution >= 0.6 is 0 Å². The first kappa shape index (κ1) is 15.5. The smallest absolute Gasteiger partial charge is 0.165 e. The van der Waals surface area contributed by atoms with Gasteiger partial charge in [-0.05, 0) is 31.2 Å². The Kier molecular flexibility index (Phi) is 5.33. The molecule has 2 aromatic rings. The van der Waals surface area contributed by atoms with Gasteiger partial charge < -0.3 is 4.74 Å². The summed E-state index contributed by atoms with van der Waals surface area (Å²) in [6.07, 6.45) is 3.94. The van der Waals surface area contributed by atoms with Gasteiger partial charge >= 0.3 is 0 Å². The van der Waals surface area contributed by atoms with Crippen molar-refractivity contribution in [1.82, 2.24) is 14.7 Å². The second-order valence-corrected chi connectivity index (χ2v) is 4.98. The maximum Gasteiger partial charge on any atom is 0.165 e. The lowest BCUT2D eigenvalue weighted by atomic mass is 10.2. The lowest BCUT2D eigenvalue weighted by Gasteiger charge is -2.20. The number of benzene rings is 1. The summed E-state index contributed by atoms with van der Waals surface area (Å²) in [7, 11) is 1.47. The molecule has 0 aliphatic heterocycles. The van der Waals surface area contributed by atoms with E-state index in [0.29, 0.717) is 6.54 Å². The van der Waals surface area contributed by atoms with Crippen LogP contribution < -0.4 is 4.74 Å². The third-order valence-corrected chi connectivity index (χ3v) is 3.49. The van der Waals surface area contributed by atoms with Crippen molar-refractivity contribution in [3.05, 3.63) is 47.5 Å². The first-order valence-corrected chi connectivity index (χ1v) is 7.22. The minimum Gasteiger partial charge on any atom is -0.494 e. The summed E-state index contributed by atoms with van der Waals surface area (Å²) in [6, 6.07) is 5.12. The molecule has 0 unspecified atom stereocenters. The number of aromatic nitrogens is 2. The van der Waals surface area contributed by atoms with Crippen LogP contribution in [0.2, 0.25) is 0 Å². The Morgan fingerprint density at radius 1 is 1.24 bits per heavy atom. The maximum absolute atomic E-state index is 13.7. The Morgan fingerprint density at radius 2 is 2.00 bits per heavy atom. The molecule has 0 spiro atoms. The molecule has 0 saturated heterocycles. The number of hydrogen-bond donors (Lipinski definition) is 0. The summed E-state index contributed by atoms with van der Waals surface area (Å²) >= 11 is 0. The van der Waals surface area contributed by atoms with E-state index in [0.717, 1.165) is 25.2 Å². The van der Waals surface area contributed by atoms with E-state index in [1.807, 2.05) is 16.9 Å². The molecular weight excluding hydrogens is 269 g/mol. The van der Waals surface area contributed by atoms with Crippen LogP contribution in [-0.2, 0) is 19.6 Å². The molecule has 0 radical (unpaired) electrons. The molecule has 0 aliphatic rings. The number of aryl methyl sites for hydroxylation is 1. The second-order valence-electron chi connectivity index (χ2n) is 4.98. The summed E-state index contributed by atoms with van der Waals surface area (Å²) in [5.74, 6) is -0.0316. The van der Waals surface area contributed by atoms with Crippen LogP contribution in [0.25, 0.3) is 0 Å². The Hall–Kier alpha value is -1.88. The third kappa shape index (κ3) is 4.04. The molecule has 0 amide bonds. The zero-order valence-corrected chi connectivity index (χ0v) is 12.8. The van der Waals surface area contributed by atoms with Crippen LogP contribution in [-0.4, -0.2) is 28.3 Å². The average molecular weight is 291 g/mol.